The molecule has 2 aromatic carbocycles. The van der Waals surface area contributed by atoms with Gasteiger partial charge in [0.2, 0.25) is 0 Å². The second-order valence-corrected chi connectivity index (χ2v) is 5.71. The summed E-state index contributed by atoms with van der Waals surface area (Å²) in [5.41, 5.74) is 1.21. The number of para-hydroxylation sites is 1. The molecule has 0 saturated carbocycles. The van der Waals surface area contributed by atoms with Crippen LogP contribution in [0, 0.1) is 0 Å². The maximum Gasteiger partial charge on any atom is 0.316 e. The number of phenolic OH excluding ortho intramolecular Hbond substituents is 1. The van der Waals surface area contributed by atoms with Crippen LogP contribution in [0.3, 0.4) is 0 Å². The Morgan fingerprint density at radius 1 is 1.21 bits per heavy atom. The number of anilines is 1. The van der Waals surface area contributed by atoms with Crippen molar-refractivity contribution < 1.29 is 14.3 Å². The zero-order valence-electron chi connectivity index (χ0n) is 12.6. The average Bonchev–Trinajstić information content (AvgIpc) is 3.05. The topological polar surface area (TPSA) is 80.4 Å². The summed E-state index contributed by atoms with van der Waals surface area (Å²) in [5.74, 6) is 0.910. The molecule has 3 rings (SSSR count). The molecule has 24 heavy (non-hydrogen) atoms. The van der Waals surface area contributed by atoms with E-state index in [0.29, 0.717) is 27.8 Å². The zero-order valence-corrected chi connectivity index (χ0v) is 14.1. The normalized spacial score (nSPS) is 10.6. The highest BCUT2D eigenvalue weighted by Gasteiger charge is 2.14. The Bertz CT molecular complexity index is 868. The molecule has 6 nitrogen and oxygen atoms in total. The van der Waals surface area contributed by atoms with Crippen LogP contribution in [0.5, 0.6) is 11.5 Å². The van der Waals surface area contributed by atoms with E-state index in [4.69, 9.17) is 32.4 Å². The Morgan fingerprint density at radius 2 is 2.00 bits per heavy atom. The fourth-order valence-corrected chi connectivity index (χ4v) is 2.69. The van der Waals surface area contributed by atoms with E-state index in [-0.39, 0.29) is 23.3 Å². The smallest absolute Gasteiger partial charge is 0.316 e. The molecule has 1 heterocycles. The molecule has 3 aromatic rings. The van der Waals surface area contributed by atoms with E-state index in [1.165, 1.54) is 6.07 Å². The molecule has 0 radical (unpaired) electrons. The minimum atomic E-state index is -0.0435. The molecule has 0 aliphatic heterocycles. The molecule has 0 aliphatic rings. The number of halogens is 2. The Morgan fingerprint density at radius 3 is 2.79 bits per heavy atom. The van der Waals surface area contributed by atoms with Gasteiger partial charge in [0, 0.05) is 17.1 Å². The second-order valence-electron chi connectivity index (χ2n) is 4.86. The van der Waals surface area contributed by atoms with Crippen molar-refractivity contribution in [2.75, 3.05) is 12.4 Å². The number of rotatable bonds is 5. The predicted molar refractivity (Wildman–Crippen MR) is 91.7 cm³/mol. The number of hydrogen-bond acceptors (Lipinski definition) is 6. The molecule has 0 fully saturated rings. The van der Waals surface area contributed by atoms with Crippen molar-refractivity contribution in [3.05, 3.63) is 52.0 Å². The molecule has 0 bridgehead atoms. The van der Waals surface area contributed by atoms with Gasteiger partial charge in [0.25, 0.3) is 5.89 Å². The summed E-state index contributed by atoms with van der Waals surface area (Å²) in [5, 5.41) is 21.4. The summed E-state index contributed by atoms with van der Waals surface area (Å²) >= 11 is 11.8. The van der Waals surface area contributed by atoms with E-state index in [9.17, 15) is 5.11 Å². The van der Waals surface area contributed by atoms with Crippen LogP contribution in [0.25, 0.3) is 11.5 Å². The van der Waals surface area contributed by atoms with Gasteiger partial charge in [0.1, 0.15) is 11.5 Å². The van der Waals surface area contributed by atoms with Crippen LogP contribution in [-0.2, 0) is 6.54 Å². The number of benzene rings is 2. The molecule has 8 heteroatoms. The molecule has 0 saturated heterocycles. The van der Waals surface area contributed by atoms with Gasteiger partial charge < -0.3 is 19.6 Å². The Balaban J connectivity index is 1.78. The van der Waals surface area contributed by atoms with E-state index < -0.39 is 0 Å². The largest absolute Gasteiger partial charge is 0.506 e. The predicted octanol–water partition coefficient (Wildman–Crippen LogP) is 4.37. The monoisotopic (exact) mass is 365 g/mol. The molecule has 0 spiro atoms. The number of aromatic hydroxyl groups is 1. The zero-order chi connectivity index (χ0) is 17.1. The lowest BCUT2D eigenvalue weighted by Gasteiger charge is -2.07. The number of aromatic nitrogens is 2. The molecular weight excluding hydrogens is 353 g/mol. The van der Waals surface area contributed by atoms with Crippen LogP contribution < -0.4 is 10.1 Å². The standard InChI is InChI=1S/C16H13Cl2N3O3/c1-23-13-5-3-2-4-11(13)15-20-21-16(24-15)19-8-9-6-10(17)7-12(18)14(9)22/h2-7,22H,8H2,1H3,(H,19,21). The second kappa shape index (κ2) is 6.98. The first-order valence-electron chi connectivity index (χ1n) is 6.96. The lowest BCUT2D eigenvalue weighted by molar-refractivity contribution is 0.414. The summed E-state index contributed by atoms with van der Waals surface area (Å²) in [7, 11) is 1.57. The van der Waals surface area contributed by atoms with Gasteiger partial charge in [-0.2, -0.15) is 0 Å². The summed E-state index contributed by atoms with van der Waals surface area (Å²) in [6.45, 7) is 0.222. The van der Waals surface area contributed by atoms with Gasteiger partial charge in [-0.05, 0) is 24.3 Å². The van der Waals surface area contributed by atoms with Crippen molar-refractivity contribution in [2.24, 2.45) is 0 Å². The summed E-state index contributed by atoms with van der Waals surface area (Å²) in [6, 6.07) is 10.6. The Hall–Kier alpha value is -2.44. The highest BCUT2D eigenvalue weighted by molar-refractivity contribution is 6.35. The van der Waals surface area contributed by atoms with Crippen molar-refractivity contribution >= 4 is 29.2 Å². The van der Waals surface area contributed by atoms with Gasteiger partial charge in [-0.3, -0.25) is 0 Å². The van der Waals surface area contributed by atoms with E-state index in [1.807, 2.05) is 18.2 Å². The van der Waals surface area contributed by atoms with Crippen molar-refractivity contribution in [1.29, 1.82) is 0 Å². The number of hydrogen-bond donors (Lipinski definition) is 2. The van der Waals surface area contributed by atoms with Gasteiger partial charge in [0.05, 0.1) is 17.7 Å². The molecule has 0 aliphatic carbocycles. The van der Waals surface area contributed by atoms with Gasteiger partial charge in [-0.25, -0.2) is 0 Å². The number of ether oxygens (including phenoxy) is 1. The highest BCUT2D eigenvalue weighted by Crippen LogP contribution is 2.32. The third kappa shape index (κ3) is 3.39. The van der Waals surface area contributed by atoms with Crippen LogP contribution in [0.15, 0.2) is 40.8 Å². The first kappa shape index (κ1) is 16.4. The minimum absolute atomic E-state index is 0.0435. The third-order valence-electron chi connectivity index (χ3n) is 3.30. The minimum Gasteiger partial charge on any atom is -0.506 e. The number of phenols is 1. The van der Waals surface area contributed by atoms with Crippen molar-refractivity contribution in [2.45, 2.75) is 6.54 Å². The fourth-order valence-electron chi connectivity index (χ4n) is 2.15. The molecule has 0 amide bonds. The van der Waals surface area contributed by atoms with E-state index in [1.54, 1.807) is 19.2 Å². The maximum absolute atomic E-state index is 9.94. The van der Waals surface area contributed by atoms with Crippen LogP contribution in [0.1, 0.15) is 5.56 Å². The molecule has 2 N–H and O–H groups in total. The lowest BCUT2D eigenvalue weighted by atomic mass is 10.2. The van der Waals surface area contributed by atoms with Gasteiger partial charge >= 0.3 is 6.01 Å². The molecule has 0 unspecified atom stereocenters. The Kier molecular flexibility index (Phi) is 4.78. The molecular formula is C16H13Cl2N3O3. The first-order valence-corrected chi connectivity index (χ1v) is 7.71. The van der Waals surface area contributed by atoms with Crippen molar-refractivity contribution in [3.63, 3.8) is 0 Å². The van der Waals surface area contributed by atoms with Crippen LogP contribution in [-0.4, -0.2) is 22.4 Å². The molecule has 0 atom stereocenters. The number of methoxy groups -OCH3 is 1. The first-order chi connectivity index (χ1) is 11.6. The number of nitrogens with one attached hydrogen (secondary N) is 1. The van der Waals surface area contributed by atoms with E-state index in [2.05, 4.69) is 15.5 Å². The molecule has 1 aromatic heterocycles. The summed E-state index contributed by atoms with van der Waals surface area (Å²) < 4.78 is 10.8. The maximum atomic E-state index is 9.94. The summed E-state index contributed by atoms with van der Waals surface area (Å²) in [6.07, 6.45) is 0. The van der Waals surface area contributed by atoms with E-state index in [0.717, 1.165) is 0 Å². The fraction of sp³-hybridized carbons (Fsp3) is 0.125. The van der Waals surface area contributed by atoms with Gasteiger partial charge in [-0.15, -0.1) is 5.10 Å². The summed E-state index contributed by atoms with van der Waals surface area (Å²) in [4.78, 5) is 0. The Labute approximate surface area is 148 Å². The van der Waals surface area contributed by atoms with Crippen LogP contribution >= 0.6 is 23.2 Å². The lowest BCUT2D eigenvalue weighted by Crippen LogP contribution is -2.00. The average molecular weight is 366 g/mol. The SMILES string of the molecule is COc1ccccc1-c1nnc(NCc2cc(Cl)cc(Cl)c2O)o1. The van der Waals surface area contributed by atoms with Crippen molar-refractivity contribution in [3.8, 4) is 23.0 Å². The third-order valence-corrected chi connectivity index (χ3v) is 3.81. The van der Waals surface area contributed by atoms with Gasteiger partial charge in [0.15, 0.2) is 0 Å². The number of nitrogens with zero attached hydrogens (tertiary/aromatic N) is 2. The van der Waals surface area contributed by atoms with Crippen LogP contribution in [0.2, 0.25) is 10.0 Å². The quantitative estimate of drug-likeness (QED) is 0.698. The van der Waals surface area contributed by atoms with Crippen LogP contribution in [0.4, 0.5) is 6.01 Å². The highest BCUT2D eigenvalue weighted by atomic mass is 35.5. The van der Waals surface area contributed by atoms with Crippen molar-refractivity contribution in [1.82, 2.24) is 10.2 Å². The molecule has 124 valence electrons. The van der Waals surface area contributed by atoms with E-state index >= 15 is 0 Å². The van der Waals surface area contributed by atoms with Gasteiger partial charge in [-0.1, -0.05) is 40.4 Å².